The Kier molecular flexibility index (Phi) is 3.06. The van der Waals surface area contributed by atoms with Crippen LogP contribution in [0.5, 0.6) is 0 Å². The molecule has 1 unspecified atom stereocenters. The van der Waals surface area contributed by atoms with E-state index in [0.717, 1.165) is 12.0 Å². The first kappa shape index (κ1) is 11.3. The molecule has 0 N–H and O–H groups in total. The number of hydrogen-bond acceptors (Lipinski definition) is 2. The molecule has 0 aliphatic carbocycles. The van der Waals surface area contributed by atoms with Gasteiger partial charge in [0.15, 0.2) is 0 Å². The molecular formula is C13H15FO2. The monoisotopic (exact) mass is 222 g/mol. The third-order valence-corrected chi connectivity index (χ3v) is 3.18. The van der Waals surface area contributed by atoms with Gasteiger partial charge in [0.25, 0.3) is 0 Å². The molecule has 0 aromatic heterocycles. The molecule has 0 amide bonds. The zero-order valence-corrected chi connectivity index (χ0v) is 9.33. The van der Waals surface area contributed by atoms with Crippen LogP contribution in [0.4, 0.5) is 4.39 Å². The van der Waals surface area contributed by atoms with Gasteiger partial charge in [-0.25, -0.2) is 4.39 Å². The predicted octanol–water partition coefficient (Wildman–Crippen LogP) is 2.81. The van der Waals surface area contributed by atoms with Crippen molar-refractivity contribution in [1.82, 2.24) is 0 Å². The van der Waals surface area contributed by atoms with E-state index in [1.165, 1.54) is 12.1 Å². The van der Waals surface area contributed by atoms with E-state index < -0.39 is 5.60 Å². The number of Topliss-reactive ketones (excluding diaryl/α,β-unsaturated/α-hetero) is 1. The van der Waals surface area contributed by atoms with Gasteiger partial charge in [-0.2, -0.15) is 0 Å². The first-order valence-corrected chi connectivity index (χ1v) is 5.58. The normalized spacial score (nSPS) is 25.8. The van der Waals surface area contributed by atoms with E-state index in [-0.39, 0.29) is 11.6 Å². The van der Waals surface area contributed by atoms with Gasteiger partial charge in [-0.15, -0.1) is 0 Å². The van der Waals surface area contributed by atoms with Crippen molar-refractivity contribution in [3.05, 3.63) is 35.6 Å². The quantitative estimate of drug-likeness (QED) is 0.769. The second-order valence-electron chi connectivity index (χ2n) is 4.17. The van der Waals surface area contributed by atoms with Gasteiger partial charge in [-0.05, 0) is 24.1 Å². The van der Waals surface area contributed by atoms with Gasteiger partial charge < -0.3 is 4.74 Å². The topological polar surface area (TPSA) is 26.3 Å². The third-order valence-electron chi connectivity index (χ3n) is 3.18. The van der Waals surface area contributed by atoms with E-state index >= 15 is 0 Å². The molecule has 1 aliphatic rings. The zero-order chi connectivity index (χ0) is 11.6. The Morgan fingerprint density at radius 2 is 2.06 bits per heavy atom. The van der Waals surface area contributed by atoms with Crippen LogP contribution in [0, 0.1) is 5.82 Å². The lowest BCUT2D eigenvalue weighted by Gasteiger charge is -2.36. The summed E-state index contributed by atoms with van der Waals surface area (Å²) in [4.78, 5) is 11.5. The molecule has 1 saturated heterocycles. The van der Waals surface area contributed by atoms with Crippen LogP contribution in [0.1, 0.15) is 31.7 Å². The van der Waals surface area contributed by atoms with Crippen molar-refractivity contribution in [2.45, 2.75) is 31.8 Å². The van der Waals surface area contributed by atoms with Crippen molar-refractivity contribution in [2.75, 3.05) is 6.61 Å². The lowest BCUT2D eigenvalue weighted by Crippen LogP contribution is -2.37. The number of hydrogen-bond donors (Lipinski definition) is 0. The van der Waals surface area contributed by atoms with Crippen LogP contribution < -0.4 is 0 Å². The van der Waals surface area contributed by atoms with E-state index in [1.54, 1.807) is 12.1 Å². The van der Waals surface area contributed by atoms with E-state index in [0.29, 0.717) is 19.4 Å². The highest BCUT2D eigenvalue weighted by Crippen LogP contribution is 2.36. The predicted molar refractivity (Wildman–Crippen MR) is 58.6 cm³/mol. The molecule has 0 saturated carbocycles. The van der Waals surface area contributed by atoms with Crippen molar-refractivity contribution in [3.63, 3.8) is 0 Å². The largest absolute Gasteiger partial charge is 0.369 e. The fourth-order valence-corrected chi connectivity index (χ4v) is 2.19. The number of benzene rings is 1. The number of carbonyl (C=O) groups is 1. The van der Waals surface area contributed by atoms with Crippen LogP contribution in [0.25, 0.3) is 0 Å². The van der Waals surface area contributed by atoms with Crippen LogP contribution in [-0.4, -0.2) is 12.4 Å². The lowest BCUT2D eigenvalue weighted by molar-refractivity contribution is -0.142. The van der Waals surface area contributed by atoms with Crippen molar-refractivity contribution >= 4 is 5.78 Å². The number of ether oxygens (including phenoxy) is 1. The van der Waals surface area contributed by atoms with Crippen LogP contribution in [0.15, 0.2) is 24.3 Å². The first-order chi connectivity index (χ1) is 7.66. The van der Waals surface area contributed by atoms with Crippen molar-refractivity contribution in [2.24, 2.45) is 0 Å². The zero-order valence-electron chi connectivity index (χ0n) is 9.33. The molecular weight excluding hydrogens is 207 g/mol. The van der Waals surface area contributed by atoms with Crippen molar-refractivity contribution < 1.29 is 13.9 Å². The van der Waals surface area contributed by atoms with Gasteiger partial charge in [0.2, 0.25) is 0 Å². The van der Waals surface area contributed by atoms with Crippen LogP contribution in [-0.2, 0) is 15.1 Å². The molecule has 1 atom stereocenters. The minimum Gasteiger partial charge on any atom is -0.369 e. The molecule has 0 radical (unpaired) electrons. The maximum atomic E-state index is 12.9. The summed E-state index contributed by atoms with van der Waals surface area (Å²) < 4.78 is 18.6. The maximum Gasteiger partial charge on any atom is 0.138 e. The van der Waals surface area contributed by atoms with Crippen molar-refractivity contribution in [1.29, 1.82) is 0 Å². The first-order valence-electron chi connectivity index (χ1n) is 5.58. The van der Waals surface area contributed by atoms with Crippen LogP contribution >= 0.6 is 0 Å². The average molecular weight is 222 g/mol. The van der Waals surface area contributed by atoms with E-state index in [4.69, 9.17) is 4.74 Å². The third kappa shape index (κ3) is 2.00. The second-order valence-corrected chi connectivity index (χ2v) is 4.17. The standard InChI is InChI=1S/C13H15FO2/c1-2-13(9-12(15)7-8-16-13)10-3-5-11(14)6-4-10/h3-6H,2,7-9H2,1H3. The van der Waals surface area contributed by atoms with E-state index in [1.807, 2.05) is 6.92 Å². The van der Waals surface area contributed by atoms with Gasteiger partial charge in [-0.1, -0.05) is 19.1 Å². The van der Waals surface area contributed by atoms with Gasteiger partial charge >= 0.3 is 0 Å². The van der Waals surface area contributed by atoms with Gasteiger partial charge in [0.1, 0.15) is 11.6 Å². The molecule has 1 aliphatic heterocycles. The smallest absolute Gasteiger partial charge is 0.138 e. The summed E-state index contributed by atoms with van der Waals surface area (Å²) in [7, 11) is 0. The van der Waals surface area contributed by atoms with Gasteiger partial charge in [0, 0.05) is 12.8 Å². The highest BCUT2D eigenvalue weighted by molar-refractivity contribution is 5.80. The Balaban J connectivity index is 2.33. The summed E-state index contributed by atoms with van der Waals surface area (Å²) in [6.07, 6.45) is 1.61. The SMILES string of the molecule is CCC1(c2ccc(F)cc2)CC(=O)CCO1. The number of ketones is 1. The minimum atomic E-state index is -0.539. The highest BCUT2D eigenvalue weighted by Gasteiger charge is 2.36. The molecule has 2 nitrogen and oxygen atoms in total. The summed E-state index contributed by atoms with van der Waals surface area (Å²) in [5, 5.41) is 0. The van der Waals surface area contributed by atoms with Crippen LogP contribution in [0.2, 0.25) is 0 Å². The van der Waals surface area contributed by atoms with Gasteiger partial charge in [0.05, 0.1) is 12.2 Å². The summed E-state index contributed by atoms with van der Waals surface area (Å²) >= 11 is 0. The molecule has 2 rings (SSSR count). The Morgan fingerprint density at radius 1 is 1.38 bits per heavy atom. The summed E-state index contributed by atoms with van der Waals surface area (Å²) in [6, 6.07) is 6.24. The average Bonchev–Trinajstić information content (AvgIpc) is 2.29. The molecule has 1 aromatic rings. The fraction of sp³-hybridized carbons (Fsp3) is 0.462. The van der Waals surface area contributed by atoms with Crippen molar-refractivity contribution in [3.8, 4) is 0 Å². The Morgan fingerprint density at radius 3 is 2.62 bits per heavy atom. The minimum absolute atomic E-state index is 0.220. The molecule has 3 heteroatoms. The summed E-state index contributed by atoms with van der Waals surface area (Å²) in [5.41, 5.74) is 0.354. The van der Waals surface area contributed by atoms with Gasteiger partial charge in [-0.3, -0.25) is 4.79 Å². The molecule has 1 heterocycles. The number of rotatable bonds is 2. The molecule has 16 heavy (non-hydrogen) atoms. The highest BCUT2D eigenvalue weighted by atomic mass is 19.1. The molecule has 1 aromatic carbocycles. The number of carbonyl (C=O) groups excluding carboxylic acids is 1. The number of halogens is 1. The van der Waals surface area contributed by atoms with Crippen LogP contribution in [0.3, 0.4) is 0 Å². The Bertz CT molecular complexity index is 385. The molecule has 86 valence electrons. The van der Waals surface area contributed by atoms with E-state index in [2.05, 4.69) is 0 Å². The summed E-state index contributed by atoms with van der Waals surface area (Å²) in [5.74, 6) is -0.0467. The molecule has 1 fully saturated rings. The Hall–Kier alpha value is -1.22. The molecule has 0 bridgehead atoms. The lowest BCUT2D eigenvalue weighted by atomic mass is 9.84. The van der Waals surface area contributed by atoms with E-state index in [9.17, 15) is 9.18 Å². The Labute approximate surface area is 94.4 Å². The maximum absolute atomic E-state index is 12.9. The fourth-order valence-electron chi connectivity index (χ4n) is 2.19. The molecule has 0 spiro atoms. The second kappa shape index (κ2) is 4.34. The summed E-state index contributed by atoms with van der Waals surface area (Å²) in [6.45, 7) is 2.45.